The Labute approximate surface area is 120 Å². The molecule has 0 unspecified atom stereocenters. The summed E-state index contributed by atoms with van der Waals surface area (Å²) in [6.07, 6.45) is 2.51. The van der Waals surface area contributed by atoms with Gasteiger partial charge in [-0.05, 0) is 13.0 Å². The number of nitrogens with zero attached hydrogens (tertiary/aromatic N) is 3. The number of rotatable bonds is 2. The summed E-state index contributed by atoms with van der Waals surface area (Å²) in [4.78, 5) is 10.5. The van der Waals surface area contributed by atoms with Gasteiger partial charge in [0.25, 0.3) is 0 Å². The van der Waals surface area contributed by atoms with E-state index in [1.54, 1.807) is 6.20 Å². The third kappa shape index (κ3) is 2.90. The second-order valence-electron chi connectivity index (χ2n) is 5.21. The number of benzene rings is 1. The molecule has 0 N–H and O–H groups in total. The molecular weight excluding hydrogens is 279 g/mol. The minimum Gasteiger partial charge on any atom is -0.294 e. The van der Waals surface area contributed by atoms with Crippen molar-refractivity contribution in [3.63, 3.8) is 0 Å². The number of aromatic nitrogens is 2. The fraction of sp³-hybridized carbons (Fsp3) is 0.333. The Balaban J connectivity index is 1.78. The lowest BCUT2D eigenvalue weighted by atomic mass is 10.1. The Bertz CT molecular complexity index is 688. The van der Waals surface area contributed by atoms with Crippen molar-refractivity contribution in [2.24, 2.45) is 0 Å². The van der Waals surface area contributed by atoms with Crippen LogP contribution in [-0.4, -0.2) is 21.4 Å². The highest BCUT2D eigenvalue weighted by atomic mass is 19.2. The summed E-state index contributed by atoms with van der Waals surface area (Å²) >= 11 is 0. The zero-order chi connectivity index (χ0) is 15.0. The quantitative estimate of drug-likeness (QED) is 0.797. The lowest BCUT2D eigenvalue weighted by molar-refractivity contribution is 0.238. The molecule has 1 aliphatic heterocycles. The molecule has 3 nitrogen and oxygen atoms in total. The van der Waals surface area contributed by atoms with Crippen LogP contribution in [0.1, 0.15) is 22.6 Å². The standard InChI is InChI=1S/C15H14F3N3/c1-9-19-6-11-8-21(3-2-15(11)20-9)7-10-4-13(17)14(18)5-12(10)16/h4-6H,2-3,7-8H2,1H3. The number of fused-ring (bicyclic) bond motifs is 1. The van der Waals surface area contributed by atoms with E-state index < -0.39 is 17.5 Å². The van der Waals surface area contributed by atoms with E-state index in [4.69, 9.17) is 0 Å². The zero-order valence-corrected chi connectivity index (χ0v) is 11.5. The summed E-state index contributed by atoms with van der Waals surface area (Å²) in [5.41, 5.74) is 2.16. The molecule has 2 aromatic rings. The third-order valence-corrected chi connectivity index (χ3v) is 3.62. The van der Waals surface area contributed by atoms with E-state index in [0.717, 1.165) is 29.6 Å². The van der Waals surface area contributed by atoms with Gasteiger partial charge in [0.15, 0.2) is 11.6 Å². The van der Waals surface area contributed by atoms with Crippen molar-refractivity contribution >= 4 is 0 Å². The van der Waals surface area contributed by atoms with E-state index in [-0.39, 0.29) is 12.1 Å². The van der Waals surface area contributed by atoms with Crippen LogP contribution in [0.3, 0.4) is 0 Å². The second kappa shape index (κ2) is 5.44. The van der Waals surface area contributed by atoms with Gasteiger partial charge in [0.2, 0.25) is 0 Å². The van der Waals surface area contributed by atoms with Gasteiger partial charge in [-0.15, -0.1) is 0 Å². The first-order valence-electron chi connectivity index (χ1n) is 6.70. The van der Waals surface area contributed by atoms with Crippen LogP contribution >= 0.6 is 0 Å². The highest BCUT2D eigenvalue weighted by Gasteiger charge is 2.20. The van der Waals surface area contributed by atoms with Gasteiger partial charge in [0, 0.05) is 55.1 Å². The Morgan fingerprint density at radius 1 is 1.14 bits per heavy atom. The van der Waals surface area contributed by atoms with Crippen LogP contribution in [0.15, 0.2) is 18.3 Å². The fourth-order valence-electron chi connectivity index (χ4n) is 2.54. The van der Waals surface area contributed by atoms with Crippen LogP contribution in [0.4, 0.5) is 13.2 Å². The van der Waals surface area contributed by atoms with Crippen LogP contribution in [0.25, 0.3) is 0 Å². The van der Waals surface area contributed by atoms with Gasteiger partial charge in [-0.3, -0.25) is 4.90 Å². The van der Waals surface area contributed by atoms with E-state index in [9.17, 15) is 13.2 Å². The molecule has 0 bridgehead atoms. The van der Waals surface area contributed by atoms with Crippen LogP contribution in [-0.2, 0) is 19.5 Å². The molecule has 0 fully saturated rings. The molecule has 0 amide bonds. The molecule has 0 radical (unpaired) electrons. The maximum atomic E-state index is 13.7. The average molecular weight is 293 g/mol. The predicted octanol–water partition coefficient (Wildman–Crippen LogP) is 2.76. The van der Waals surface area contributed by atoms with Crippen molar-refractivity contribution in [3.8, 4) is 0 Å². The molecule has 3 rings (SSSR count). The van der Waals surface area contributed by atoms with Crippen molar-refractivity contribution in [1.82, 2.24) is 14.9 Å². The van der Waals surface area contributed by atoms with Gasteiger partial charge in [-0.1, -0.05) is 0 Å². The van der Waals surface area contributed by atoms with E-state index in [2.05, 4.69) is 9.97 Å². The Morgan fingerprint density at radius 3 is 2.71 bits per heavy atom. The summed E-state index contributed by atoms with van der Waals surface area (Å²) in [6, 6.07) is 1.51. The zero-order valence-electron chi connectivity index (χ0n) is 11.5. The smallest absolute Gasteiger partial charge is 0.161 e. The predicted molar refractivity (Wildman–Crippen MR) is 70.9 cm³/mol. The van der Waals surface area contributed by atoms with Gasteiger partial charge in [-0.25, -0.2) is 23.1 Å². The maximum absolute atomic E-state index is 13.7. The fourth-order valence-corrected chi connectivity index (χ4v) is 2.54. The van der Waals surface area contributed by atoms with Gasteiger partial charge < -0.3 is 0 Å². The van der Waals surface area contributed by atoms with Crippen LogP contribution in [0, 0.1) is 24.4 Å². The molecule has 6 heteroatoms. The molecule has 0 saturated heterocycles. The first-order chi connectivity index (χ1) is 10.0. The molecule has 0 spiro atoms. The van der Waals surface area contributed by atoms with Gasteiger partial charge in [-0.2, -0.15) is 0 Å². The van der Waals surface area contributed by atoms with Crippen molar-refractivity contribution in [2.45, 2.75) is 26.4 Å². The summed E-state index contributed by atoms with van der Waals surface area (Å²) in [5.74, 6) is -2.18. The highest BCUT2D eigenvalue weighted by molar-refractivity contribution is 5.23. The Hall–Kier alpha value is -1.95. The molecule has 1 aliphatic rings. The van der Waals surface area contributed by atoms with E-state index >= 15 is 0 Å². The average Bonchev–Trinajstić information content (AvgIpc) is 2.45. The van der Waals surface area contributed by atoms with Gasteiger partial charge in [0.05, 0.1) is 0 Å². The normalized spacial score (nSPS) is 15.0. The number of hydrogen-bond acceptors (Lipinski definition) is 3. The van der Waals surface area contributed by atoms with E-state index in [0.29, 0.717) is 19.2 Å². The molecule has 1 aromatic carbocycles. The van der Waals surface area contributed by atoms with Gasteiger partial charge in [0.1, 0.15) is 11.6 Å². The number of aryl methyl sites for hydroxylation is 1. The molecule has 2 heterocycles. The van der Waals surface area contributed by atoms with Crippen molar-refractivity contribution in [1.29, 1.82) is 0 Å². The van der Waals surface area contributed by atoms with Crippen LogP contribution in [0.5, 0.6) is 0 Å². The molecule has 0 atom stereocenters. The SMILES string of the molecule is Cc1ncc2c(n1)CCN(Cc1cc(F)c(F)cc1F)C2. The number of hydrogen-bond donors (Lipinski definition) is 0. The minimum absolute atomic E-state index is 0.158. The number of halogens is 3. The first-order valence-corrected chi connectivity index (χ1v) is 6.70. The summed E-state index contributed by atoms with van der Waals surface area (Å²) in [6.45, 7) is 3.34. The van der Waals surface area contributed by atoms with E-state index in [1.807, 2.05) is 11.8 Å². The lowest BCUT2D eigenvalue weighted by Crippen LogP contribution is -2.31. The molecule has 1 aromatic heterocycles. The molecule has 21 heavy (non-hydrogen) atoms. The molecule has 0 saturated carbocycles. The van der Waals surface area contributed by atoms with Crippen LogP contribution in [0.2, 0.25) is 0 Å². The first kappa shape index (κ1) is 14.0. The van der Waals surface area contributed by atoms with Crippen molar-refractivity contribution < 1.29 is 13.2 Å². The Morgan fingerprint density at radius 2 is 1.90 bits per heavy atom. The van der Waals surface area contributed by atoms with Gasteiger partial charge >= 0.3 is 0 Å². The molecule has 0 aliphatic carbocycles. The van der Waals surface area contributed by atoms with Crippen molar-refractivity contribution in [3.05, 3.63) is 58.4 Å². The second-order valence-corrected chi connectivity index (χ2v) is 5.21. The minimum atomic E-state index is -1.16. The summed E-state index contributed by atoms with van der Waals surface area (Å²) in [5, 5.41) is 0. The summed E-state index contributed by atoms with van der Waals surface area (Å²) < 4.78 is 39.8. The maximum Gasteiger partial charge on any atom is 0.161 e. The highest BCUT2D eigenvalue weighted by Crippen LogP contribution is 2.21. The topological polar surface area (TPSA) is 29.0 Å². The van der Waals surface area contributed by atoms with E-state index in [1.165, 1.54) is 0 Å². The summed E-state index contributed by atoms with van der Waals surface area (Å²) in [7, 11) is 0. The monoisotopic (exact) mass is 293 g/mol. The van der Waals surface area contributed by atoms with Crippen LogP contribution < -0.4 is 0 Å². The Kier molecular flexibility index (Phi) is 3.63. The van der Waals surface area contributed by atoms with Crippen molar-refractivity contribution in [2.75, 3.05) is 6.54 Å². The third-order valence-electron chi connectivity index (χ3n) is 3.62. The molecular formula is C15H14F3N3. The molecule has 110 valence electrons. The lowest BCUT2D eigenvalue weighted by Gasteiger charge is -2.28. The largest absolute Gasteiger partial charge is 0.294 e.